The van der Waals surface area contributed by atoms with Crippen molar-refractivity contribution < 1.29 is 14.6 Å². The minimum Gasteiger partial charge on any atom is -0.507 e. The van der Waals surface area contributed by atoms with Crippen molar-refractivity contribution >= 4 is 16.8 Å². The van der Waals surface area contributed by atoms with Gasteiger partial charge in [-0.1, -0.05) is 36.4 Å². The van der Waals surface area contributed by atoms with Crippen molar-refractivity contribution in [2.75, 3.05) is 20.2 Å². The predicted octanol–water partition coefficient (Wildman–Crippen LogP) is 3.61. The van der Waals surface area contributed by atoms with Gasteiger partial charge in [-0.05, 0) is 41.9 Å². The van der Waals surface area contributed by atoms with E-state index in [1.165, 1.54) is 0 Å². The number of rotatable bonds is 7. The van der Waals surface area contributed by atoms with Crippen LogP contribution in [0.5, 0.6) is 11.5 Å². The molecule has 2 heterocycles. The van der Waals surface area contributed by atoms with Gasteiger partial charge in [0.05, 0.1) is 11.1 Å². The molecule has 5 rings (SSSR count). The molecular weight excluding hydrogens is 416 g/mol. The predicted molar refractivity (Wildman–Crippen MR) is 126 cm³/mol. The number of nitrogens with one attached hydrogen (secondary N) is 2. The van der Waals surface area contributed by atoms with Gasteiger partial charge in [0.1, 0.15) is 18.1 Å². The second-order valence-electron chi connectivity index (χ2n) is 8.29. The van der Waals surface area contributed by atoms with E-state index in [-0.39, 0.29) is 17.2 Å². The number of nitrogens with zero attached hydrogens (tertiary/aromatic N) is 2. The average molecular weight is 443 g/mol. The van der Waals surface area contributed by atoms with E-state index in [0.717, 1.165) is 40.1 Å². The molecule has 3 aromatic carbocycles. The molecule has 4 aromatic rings. The smallest absolute Gasteiger partial charge is 0.258 e. The first-order valence-corrected chi connectivity index (χ1v) is 11.0. The molecule has 7 heteroatoms. The van der Waals surface area contributed by atoms with Crippen LogP contribution in [0.2, 0.25) is 0 Å². The Bertz CT molecular complexity index is 1300. The highest BCUT2D eigenvalue weighted by molar-refractivity contribution is 6.01. The monoisotopic (exact) mass is 442 g/mol. The van der Waals surface area contributed by atoms with Gasteiger partial charge in [0.25, 0.3) is 5.91 Å². The van der Waals surface area contributed by atoms with Crippen molar-refractivity contribution in [3.05, 3.63) is 88.6 Å². The molecule has 3 N–H and O–H groups in total. The van der Waals surface area contributed by atoms with Crippen LogP contribution in [0.4, 0.5) is 0 Å². The highest BCUT2D eigenvalue weighted by atomic mass is 16.5. The lowest BCUT2D eigenvalue weighted by molar-refractivity contribution is 0.0748. The molecule has 0 radical (unpaired) electrons. The number of fused-ring (bicyclic) bond motifs is 2. The first-order valence-electron chi connectivity index (χ1n) is 11.0. The Labute approximate surface area is 192 Å². The average Bonchev–Trinajstić information content (AvgIpc) is 3.42. The molecule has 0 bridgehead atoms. The first-order chi connectivity index (χ1) is 16.1. The van der Waals surface area contributed by atoms with Crippen molar-refractivity contribution in [1.82, 2.24) is 20.4 Å². The second kappa shape index (κ2) is 8.96. The van der Waals surface area contributed by atoms with Crippen molar-refractivity contribution in [2.45, 2.75) is 19.5 Å². The minimum atomic E-state index is -0.199. The quantitative estimate of drug-likeness (QED) is 0.381. The van der Waals surface area contributed by atoms with Gasteiger partial charge in [-0.2, -0.15) is 5.10 Å². The zero-order chi connectivity index (χ0) is 22.8. The number of phenols is 1. The largest absolute Gasteiger partial charge is 0.507 e. The highest BCUT2D eigenvalue weighted by Gasteiger charge is 2.27. The van der Waals surface area contributed by atoms with E-state index in [2.05, 4.69) is 27.6 Å². The van der Waals surface area contributed by atoms with Gasteiger partial charge in [-0.25, -0.2) is 0 Å². The fourth-order valence-corrected chi connectivity index (χ4v) is 4.25. The summed E-state index contributed by atoms with van der Waals surface area (Å²) >= 11 is 0. The Kier molecular flexibility index (Phi) is 5.71. The Hall–Kier alpha value is -3.84. The van der Waals surface area contributed by atoms with Crippen molar-refractivity contribution in [3.63, 3.8) is 0 Å². The molecule has 0 unspecified atom stereocenters. The Morgan fingerprint density at radius 2 is 1.94 bits per heavy atom. The van der Waals surface area contributed by atoms with Crippen LogP contribution in [-0.2, 0) is 19.5 Å². The first kappa shape index (κ1) is 21.0. The van der Waals surface area contributed by atoms with E-state index < -0.39 is 0 Å². The molecule has 1 amide bonds. The molecule has 1 aliphatic rings. The number of carbonyl (C=O) groups is 1. The summed E-state index contributed by atoms with van der Waals surface area (Å²) in [5, 5.41) is 21.9. The van der Waals surface area contributed by atoms with E-state index in [1.807, 2.05) is 43.4 Å². The van der Waals surface area contributed by atoms with Gasteiger partial charge < -0.3 is 20.1 Å². The minimum absolute atomic E-state index is 0.0581. The third-order valence-electron chi connectivity index (χ3n) is 6.01. The van der Waals surface area contributed by atoms with E-state index in [9.17, 15) is 9.90 Å². The van der Waals surface area contributed by atoms with Crippen LogP contribution < -0.4 is 10.1 Å². The molecule has 0 saturated heterocycles. The zero-order valence-corrected chi connectivity index (χ0v) is 18.5. The number of H-pyrrole nitrogens is 1. The van der Waals surface area contributed by atoms with Crippen molar-refractivity contribution in [1.29, 1.82) is 0 Å². The van der Waals surface area contributed by atoms with E-state index in [4.69, 9.17) is 4.74 Å². The van der Waals surface area contributed by atoms with Crippen LogP contribution >= 0.6 is 0 Å². The van der Waals surface area contributed by atoms with Crippen molar-refractivity contribution in [3.8, 4) is 11.5 Å². The molecule has 168 valence electrons. The molecule has 0 spiro atoms. The normalized spacial score (nSPS) is 12.8. The maximum Gasteiger partial charge on any atom is 0.258 e. The highest BCUT2D eigenvalue weighted by Crippen LogP contribution is 2.32. The standard InChI is InChI=1S/C26H26N4O3/c1-27-9-10-33-20-8-7-18-15-30(16-19(18)12-20)26(32)22-13-21-23(11-17-5-3-2-4-6-17)28-29-24(21)14-25(22)31/h2-8,12-14,27,31H,9-11,15-16H2,1H3,(H,28,29). The number of hydrogen-bond donors (Lipinski definition) is 3. The van der Waals surface area contributed by atoms with Gasteiger partial charge in [0.15, 0.2) is 0 Å². The van der Waals surface area contributed by atoms with Gasteiger partial charge in [-0.15, -0.1) is 0 Å². The number of aromatic hydroxyl groups is 1. The summed E-state index contributed by atoms with van der Waals surface area (Å²) in [5.74, 6) is 0.541. The number of carbonyl (C=O) groups excluding carboxylic acids is 1. The molecule has 1 aliphatic heterocycles. The van der Waals surface area contributed by atoms with E-state index >= 15 is 0 Å². The lowest BCUT2D eigenvalue weighted by Gasteiger charge is -2.16. The number of hydrogen-bond acceptors (Lipinski definition) is 5. The molecule has 0 fully saturated rings. The van der Waals surface area contributed by atoms with Gasteiger partial charge >= 0.3 is 0 Å². The molecule has 7 nitrogen and oxygen atoms in total. The summed E-state index contributed by atoms with van der Waals surface area (Å²) < 4.78 is 5.76. The Morgan fingerprint density at radius 1 is 1.12 bits per heavy atom. The third kappa shape index (κ3) is 4.27. The molecule has 0 atom stereocenters. The summed E-state index contributed by atoms with van der Waals surface area (Å²) in [6, 6.07) is 19.3. The third-order valence-corrected chi connectivity index (χ3v) is 6.01. The fraction of sp³-hybridized carbons (Fsp3) is 0.231. The maximum absolute atomic E-state index is 13.4. The zero-order valence-electron chi connectivity index (χ0n) is 18.5. The van der Waals surface area contributed by atoms with Crippen LogP contribution in [0.15, 0.2) is 60.7 Å². The SMILES string of the molecule is CNCCOc1ccc2c(c1)CN(C(=O)c1cc3c(Cc4ccccc4)[nH]nc3cc1O)C2. The summed E-state index contributed by atoms with van der Waals surface area (Å²) in [6.07, 6.45) is 0.668. The molecule has 33 heavy (non-hydrogen) atoms. The number of aromatic nitrogens is 2. The molecule has 0 aliphatic carbocycles. The van der Waals surface area contributed by atoms with Gasteiger partial charge in [0.2, 0.25) is 0 Å². The van der Waals surface area contributed by atoms with Crippen molar-refractivity contribution in [2.24, 2.45) is 0 Å². The molecular formula is C26H26N4O3. The molecule has 0 saturated carbocycles. The summed E-state index contributed by atoms with van der Waals surface area (Å²) in [4.78, 5) is 15.1. The van der Waals surface area contributed by atoms with Crippen LogP contribution in [0.3, 0.4) is 0 Å². The topological polar surface area (TPSA) is 90.5 Å². The summed E-state index contributed by atoms with van der Waals surface area (Å²) in [6.45, 7) is 2.34. The van der Waals surface area contributed by atoms with Gasteiger partial charge in [0, 0.05) is 43.2 Å². The lowest BCUT2D eigenvalue weighted by Crippen LogP contribution is -2.25. The summed E-state index contributed by atoms with van der Waals surface area (Å²) in [7, 11) is 1.89. The maximum atomic E-state index is 13.4. The van der Waals surface area contributed by atoms with E-state index in [1.54, 1.807) is 17.0 Å². The number of aromatic amines is 1. The molecule has 1 aromatic heterocycles. The number of ether oxygens (including phenoxy) is 1. The Morgan fingerprint density at radius 3 is 2.76 bits per heavy atom. The number of phenolic OH excluding ortho intramolecular Hbond substituents is 1. The fourth-order valence-electron chi connectivity index (χ4n) is 4.25. The van der Waals surface area contributed by atoms with Crippen LogP contribution in [0, 0.1) is 0 Å². The second-order valence-corrected chi connectivity index (χ2v) is 8.29. The number of likely N-dealkylation sites (N-methyl/N-ethyl adjacent to an activating group) is 1. The van der Waals surface area contributed by atoms with Crippen LogP contribution in [-0.4, -0.2) is 46.3 Å². The van der Waals surface area contributed by atoms with Gasteiger partial charge in [-0.3, -0.25) is 9.89 Å². The Balaban J connectivity index is 1.37. The van der Waals surface area contributed by atoms with E-state index in [0.29, 0.717) is 31.6 Å². The van der Waals surface area contributed by atoms with Crippen LogP contribution in [0.1, 0.15) is 32.7 Å². The van der Waals surface area contributed by atoms with Crippen LogP contribution in [0.25, 0.3) is 10.9 Å². The summed E-state index contributed by atoms with van der Waals surface area (Å²) in [5.41, 5.74) is 5.15. The number of benzene rings is 3. The number of amides is 1. The lowest BCUT2D eigenvalue weighted by atomic mass is 10.0.